The van der Waals surface area contributed by atoms with E-state index in [0.717, 1.165) is 10.5 Å². The van der Waals surface area contributed by atoms with E-state index >= 15 is 0 Å². The van der Waals surface area contributed by atoms with E-state index in [-0.39, 0.29) is 23.9 Å². The summed E-state index contributed by atoms with van der Waals surface area (Å²) >= 11 is 7.62. The molecular formula is C21H23ClN4O3S2. The van der Waals surface area contributed by atoms with Crippen LogP contribution in [-0.2, 0) is 14.8 Å². The first kappa shape index (κ1) is 22.0. The Labute approximate surface area is 190 Å². The summed E-state index contributed by atoms with van der Waals surface area (Å²) in [6.45, 7) is 5.32. The minimum atomic E-state index is -3.58. The maximum absolute atomic E-state index is 12.9. The van der Waals surface area contributed by atoms with Gasteiger partial charge in [0.05, 0.1) is 10.6 Å². The van der Waals surface area contributed by atoms with Gasteiger partial charge in [0.1, 0.15) is 0 Å². The second kappa shape index (κ2) is 8.74. The molecule has 3 aromatic rings. The van der Waals surface area contributed by atoms with Crippen LogP contribution in [0.15, 0.2) is 46.8 Å². The number of sulfonamides is 1. The van der Waals surface area contributed by atoms with Crippen molar-refractivity contribution in [1.29, 1.82) is 0 Å². The van der Waals surface area contributed by atoms with E-state index in [1.54, 1.807) is 23.1 Å². The molecular weight excluding hydrogens is 456 g/mol. The van der Waals surface area contributed by atoms with Crippen LogP contribution >= 0.6 is 22.9 Å². The second-order valence-electron chi connectivity index (χ2n) is 7.63. The van der Waals surface area contributed by atoms with E-state index in [2.05, 4.69) is 18.8 Å². The second-order valence-corrected chi connectivity index (χ2v) is 10.8. The zero-order valence-corrected chi connectivity index (χ0v) is 19.6. The summed E-state index contributed by atoms with van der Waals surface area (Å²) in [5.41, 5.74) is 1.75. The number of nitrogens with zero attached hydrogens (tertiary/aromatic N) is 4. The van der Waals surface area contributed by atoms with Gasteiger partial charge in [-0.2, -0.15) is 4.31 Å². The molecule has 10 heteroatoms. The number of carbonyl (C=O) groups is 1. The van der Waals surface area contributed by atoms with E-state index in [1.807, 2.05) is 28.1 Å². The van der Waals surface area contributed by atoms with E-state index in [0.29, 0.717) is 29.9 Å². The molecule has 0 atom stereocenters. The Balaban J connectivity index is 1.40. The first-order chi connectivity index (χ1) is 14.8. The number of rotatable bonds is 5. The van der Waals surface area contributed by atoms with Gasteiger partial charge in [-0.3, -0.25) is 9.20 Å². The van der Waals surface area contributed by atoms with Crippen molar-refractivity contribution in [2.75, 3.05) is 26.2 Å². The van der Waals surface area contributed by atoms with Gasteiger partial charge in [0, 0.05) is 43.8 Å². The normalized spacial score (nSPS) is 16.1. The minimum absolute atomic E-state index is 0.181. The highest BCUT2D eigenvalue weighted by Crippen LogP contribution is 2.23. The van der Waals surface area contributed by atoms with Crippen LogP contribution in [0.1, 0.15) is 31.0 Å². The van der Waals surface area contributed by atoms with E-state index < -0.39 is 10.0 Å². The van der Waals surface area contributed by atoms with E-state index in [1.165, 1.54) is 21.7 Å². The quantitative estimate of drug-likeness (QED) is 0.524. The monoisotopic (exact) mass is 478 g/mol. The highest BCUT2D eigenvalue weighted by Gasteiger charge is 2.29. The van der Waals surface area contributed by atoms with Gasteiger partial charge in [-0.05, 0) is 29.7 Å². The highest BCUT2D eigenvalue weighted by atomic mass is 35.5. The molecule has 0 N–H and O–H groups in total. The van der Waals surface area contributed by atoms with Crippen molar-refractivity contribution in [3.8, 4) is 0 Å². The lowest BCUT2D eigenvalue weighted by atomic mass is 10.0. The third kappa shape index (κ3) is 4.41. The summed E-state index contributed by atoms with van der Waals surface area (Å²) in [5, 5.41) is 2.24. The fourth-order valence-corrected chi connectivity index (χ4v) is 5.93. The molecule has 0 bridgehead atoms. The Morgan fingerprint density at radius 1 is 1.16 bits per heavy atom. The van der Waals surface area contributed by atoms with Gasteiger partial charge in [0.2, 0.25) is 15.9 Å². The molecule has 1 saturated heterocycles. The number of imidazole rings is 1. The molecule has 164 valence electrons. The molecule has 0 saturated carbocycles. The Hall–Kier alpha value is -2.20. The zero-order valence-electron chi connectivity index (χ0n) is 17.2. The third-order valence-electron chi connectivity index (χ3n) is 5.37. The minimum Gasteiger partial charge on any atom is -0.337 e. The Morgan fingerprint density at radius 3 is 2.48 bits per heavy atom. The van der Waals surface area contributed by atoms with Crippen LogP contribution in [0.25, 0.3) is 11.0 Å². The Morgan fingerprint density at radius 2 is 1.84 bits per heavy atom. The average molecular weight is 479 g/mol. The van der Waals surface area contributed by atoms with Crippen LogP contribution in [0.4, 0.5) is 0 Å². The molecule has 2 aromatic heterocycles. The summed E-state index contributed by atoms with van der Waals surface area (Å²) in [6.07, 6.45) is 4.96. The van der Waals surface area contributed by atoms with Crippen LogP contribution < -0.4 is 0 Å². The van der Waals surface area contributed by atoms with Crippen molar-refractivity contribution in [1.82, 2.24) is 18.6 Å². The molecule has 1 aliphatic heterocycles. The number of carbonyl (C=O) groups excluding carboxylic acids is 1. The molecule has 4 rings (SSSR count). The van der Waals surface area contributed by atoms with Gasteiger partial charge in [-0.1, -0.05) is 37.6 Å². The smallest absolute Gasteiger partial charge is 0.246 e. The van der Waals surface area contributed by atoms with E-state index in [9.17, 15) is 13.2 Å². The SMILES string of the molecule is CC(C)c1ccc(S(=O)(=O)N2CCN(C(=O)/C=C/c3c(Cl)nc4sccn34)CC2)cc1. The first-order valence-corrected chi connectivity index (χ1v) is 12.7. The molecule has 1 aliphatic rings. The van der Waals surface area contributed by atoms with Crippen LogP contribution in [0.3, 0.4) is 0 Å². The lowest BCUT2D eigenvalue weighted by molar-refractivity contribution is -0.127. The lowest BCUT2D eigenvalue weighted by Gasteiger charge is -2.33. The number of aromatic nitrogens is 2. The number of halogens is 1. The van der Waals surface area contributed by atoms with Gasteiger partial charge in [-0.25, -0.2) is 13.4 Å². The predicted octanol–water partition coefficient (Wildman–Crippen LogP) is 3.72. The van der Waals surface area contributed by atoms with Gasteiger partial charge >= 0.3 is 0 Å². The number of hydrogen-bond donors (Lipinski definition) is 0. The van der Waals surface area contributed by atoms with Crippen molar-refractivity contribution in [2.24, 2.45) is 0 Å². The molecule has 0 spiro atoms. The standard InChI is InChI=1S/C21H23ClN4O3S2/c1-15(2)16-3-5-17(6-4-16)31(28,29)25-11-9-24(10-12-25)19(27)8-7-18-20(22)23-21-26(18)13-14-30-21/h3-8,13-15H,9-12H2,1-2H3/b8-7+. The third-order valence-corrected chi connectivity index (χ3v) is 8.32. The predicted molar refractivity (Wildman–Crippen MR) is 123 cm³/mol. The van der Waals surface area contributed by atoms with Gasteiger partial charge in [0.15, 0.2) is 10.1 Å². The average Bonchev–Trinajstić information content (AvgIpc) is 3.33. The molecule has 1 fully saturated rings. The van der Waals surface area contributed by atoms with Crippen molar-refractivity contribution in [3.63, 3.8) is 0 Å². The Kier molecular flexibility index (Phi) is 6.20. The lowest BCUT2D eigenvalue weighted by Crippen LogP contribution is -2.50. The molecule has 0 aliphatic carbocycles. The molecule has 0 unspecified atom stereocenters. The van der Waals surface area contributed by atoms with Crippen LogP contribution in [0.5, 0.6) is 0 Å². The molecule has 3 heterocycles. The van der Waals surface area contributed by atoms with Crippen molar-refractivity contribution < 1.29 is 13.2 Å². The summed E-state index contributed by atoms with van der Waals surface area (Å²) in [5.74, 6) is 0.159. The van der Waals surface area contributed by atoms with Crippen molar-refractivity contribution in [2.45, 2.75) is 24.7 Å². The fraction of sp³-hybridized carbons (Fsp3) is 0.333. The fourth-order valence-electron chi connectivity index (χ4n) is 3.50. The van der Waals surface area contributed by atoms with Crippen LogP contribution in [-0.4, -0.2) is 59.1 Å². The van der Waals surface area contributed by atoms with Gasteiger partial charge in [0.25, 0.3) is 0 Å². The molecule has 0 radical (unpaired) electrons. The number of benzene rings is 1. The summed E-state index contributed by atoms with van der Waals surface area (Å²) in [6, 6.07) is 7.03. The maximum Gasteiger partial charge on any atom is 0.246 e. The van der Waals surface area contributed by atoms with Crippen molar-refractivity contribution in [3.05, 3.63) is 58.3 Å². The Bertz CT molecular complexity index is 1220. The summed E-state index contributed by atoms with van der Waals surface area (Å²) < 4.78 is 29.2. The number of amides is 1. The maximum atomic E-state index is 12.9. The molecule has 1 amide bonds. The van der Waals surface area contributed by atoms with Crippen molar-refractivity contribution >= 4 is 49.9 Å². The largest absolute Gasteiger partial charge is 0.337 e. The summed E-state index contributed by atoms with van der Waals surface area (Å²) in [7, 11) is -3.58. The van der Waals surface area contributed by atoms with Gasteiger partial charge in [-0.15, -0.1) is 11.3 Å². The molecule has 7 nitrogen and oxygen atoms in total. The topological polar surface area (TPSA) is 75.0 Å². The molecule has 1 aromatic carbocycles. The zero-order chi connectivity index (χ0) is 22.2. The number of thiazole rings is 1. The number of hydrogen-bond acceptors (Lipinski definition) is 5. The number of fused-ring (bicyclic) bond motifs is 1. The van der Waals surface area contributed by atoms with Crippen LogP contribution in [0, 0.1) is 0 Å². The summed E-state index contributed by atoms with van der Waals surface area (Å²) in [4.78, 5) is 19.5. The van der Waals surface area contributed by atoms with E-state index in [4.69, 9.17) is 11.6 Å². The van der Waals surface area contributed by atoms with Crippen LogP contribution in [0.2, 0.25) is 5.15 Å². The molecule has 31 heavy (non-hydrogen) atoms. The van der Waals surface area contributed by atoms with Gasteiger partial charge < -0.3 is 4.90 Å². The number of piperazine rings is 1. The first-order valence-electron chi connectivity index (χ1n) is 9.95. The highest BCUT2D eigenvalue weighted by molar-refractivity contribution is 7.89.